The van der Waals surface area contributed by atoms with Gasteiger partial charge in [0.15, 0.2) is 5.82 Å². The molecule has 0 radical (unpaired) electrons. The molecule has 0 amide bonds. The number of nitrogens with two attached hydrogens (primary N) is 1. The van der Waals surface area contributed by atoms with Gasteiger partial charge in [-0.2, -0.15) is 0 Å². The zero-order chi connectivity index (χ0) is 12.8. The van der Waals surface area contributed by atoms with Gasteiger partial charge in [0.1, 0.15) is 0 Å². The number of nitrogen functional groups attached to an aromatic ring is 1. The summed E-state index contributed by atoms with van der Waals surface area (Å²) < 4.78 is 2.23. The molecule has 2 N–H and O–H groups in total. The fourth-order valence-corrected chi connectivity index (χ4v) is 3.86. The van der Waals surface area contributed by atoms with Gasteiger partial charge in [0.05, 0.1) is 0 Å². The van der Waals surface area contributed by atoms with Crippen LogP contribution in [-0.4, -0.2) is 14.6 Å². The van der Waals surface area contributed by atoms with E-state index in [9.17, 15) is 0 Å². The van der Waals surface area contributed by atoms with Gasteiger partial charge in [0.25, 0.3) is 0 Å². The first-order valence-electron chi connectivity index (χ1n) is 6.54. The molecule has 2 heterocycles. The maximum atomic E-state index is 5.74. The van der Waals surface area contributed by atoms with Crippen molar-refractivity contribution >= 4 is 22.0 Å². The highest BCUT2D eigenvalue weighted by Gasteiger charge is 2.20. The molecular formula is C14H14N4S. The Balaban J connectivity index is 1.94. The number of nitrogens with zero attached hydrogens (tertiary/aromatic N) is 3. The van der Waals surface area contributed by atoms with Gasteiger partial charge in [-0.25, -0.2) is 0 Å². The van der Waals surface area contributed by atoms with Crippen molar-refractivity contribution in [2.45, 2.75) is 25.7 Å². The van der Waals surface area contributed by atoms with E-state index in [2.05, 4.69) is 14.6 Å². The molecule has 4 nitrogen and oxygen atoms in total. The molecule has 0 spiro atoms. The summed E-state index contributed by atoms with van der Waals surface area (Å²) in [6.07, 6.45) is 4.87. The molecule has 4 rings (SSSR count). The topological polar surface area (TPSA) is 56.2 Å². The molecular weight excluding hydrogens is 256 g/mol. The van der Waals surface area contributed by atoms with Crippen molar-refractivity contribution in [3.63, 3.8) is 0 Å². The molecule has 96 valence electrons. The Morgan fingerprint density at radius 2 is 1.84 bits per heavy atom. The number of hydrogen-bond acceptors (Lipinski definition) is 4. The van der Waals surface area contributed by atoms with E-state index in [1.165, 1.54) is 29.8 Å². The monoisotopic (exact) mass is 270 g/mol. The molecule has 0 aliphatic heterocycles. The second-order valence-corrected chi connectivity index (χ2v) is 6.00. The van der Waals surface area contributed by atoms with Crippen molar-refractivity contribution < 1.29 is 0 Å². The molecule has 0 fully saturated rings. The van der Waals surface area contributed by atoms with Crippen LogP contribution < -0.4 is 5.73 Å². The number of thiazole rings is 1. The third-order valence-electron chi connectivity index (χ3n) is 3.68. The van der Waals surface area contributed by atoms with Gasteiger partial charge in [-0.15, -0.1) is 10.2 Å². The number of anilines is 1. The second kappa shape index (κ2) is 4.06. The smallest absolute Gasteiger partial charge is 0.216 e. The van der Waals surface area contributed by atoms with Crippen molar-refractivity contribution in [3.8, 4) is 11.4 Å². The Morgan fingerprint density at radius 3 is 2.68 bits per heavy atom. The summed E-state index contributed by atoms with van der Waals surface area (Å²) in [5.74, 6) is 0.939. The Kier molecular flexibility index (Phi) is 2.35. The highest BCUT2D eigenvalue weighted by atomic mass is 32.1. The van der Waals surface area contributed by atoms with Gasteiger partial charge < -0.3 is 5.73 Å². The first-order valence-corrected chi connectivity index (χ1v) is 7.36. The number of aryl methyl sites for hydroxylation is 2. The molecule has 1 aromatic carbocycles. The summed E-state index contributed by atoms with van der Waals surface area (Å²) >= 11 is 1.78. The van der Waals surface area contributed by atoms with Crippen LogP contribution in [0.4, 0.5) is 5.69 Å². The van der Waals surface area contributed by atoms with Gasteiger partial charge in [0.2, 0.25) is 4.96 Å². The Bertz CT molecular complexity index is 739. The van der Waals surface area contributed by atoms with Gasteiger partial charge in [0, 0.05) is 21.8 Å². The van der Waals surface area contributed by atoms with Crippen LogP contribution in [0.1, 0.15) is 23.4 Å². The molecule has 0 saturated heterocycles. The van der Waals surface area contributed by atoms with Crippen molar-refractivity contribution in [1.29, 1.82) is 0 Å². The van der Waals surface area contributed by atoms with E-state index < -0.39 is 0 Å². The summed E-state index contributed by atoms with van der Waals surface area (Å²) in [7, 11) is 0. The van der Waals surface area contributed by atoms with E-state index >= 15 is 0 Å². The molecule has 0 saturated carbocycles. The minimum Gasteiger partial charge on any atom is -0.399 e. The lowest BCUT2D eigenvalue weighted by atomic mass is 10.0. The molecule has 5 heteroatoms. The fraction of sp³-hybridized carbons (Fsp3) is 0.286. The minimum atomic E-state index is 0.775. The average Bonchev–Trinajstić information content (AvgIpc) is 2.98. The first kappa shape index (κ1) is 11.0. The molecule has 1 aliphatic carbocycles. The highest BCUT2D eigenvalue weighted by Crippen LogP contribution is 2.32. The number of rotatable bonds is 1. The summed E-state index contributed by atoms with van der Waals surface area (Å²) in [6, 6.07) is 7.85. The second-order valence-electron chi connectivity index (χ2n) is 4.94. The zero-order valence-corrected chi connectivity index (χ0v) is 11.3. The number of benzene rings is 1. The molecule has 2 aromatic heterocycles. The van der Waals surface area contributed by atoms with E-state index in [0.717, 1.165) is 28.5 Å². The van der Waals surface area contributed by atoms with Crippen molar-refractivity contribution in [1.82, 2.24) is 14.6 Å². The summed E-state index contributed by atoms with van der Waals surface area (Å²) in [6.45, 7) is 0. The Hall–Kier alpha value is -1.88. The van der Waals surface area contributed by atoms with Crippen LogP contribution in [0.5, 0.6) is 0 Å². The van der Waals surface area contributed by atoms with E-state index in [0.29, 0.717) is 0 Å². The predicted molar refractivity (Wildman–Crippen MR) is 77.4 cm³/mol. The van der Waals surface area contributed by atoms with Crippen LogP contribution in [0.15, 0.2) is 24.3 Å². The van der Waals surface area contributed by atoms with Crippen LogP contribution >= 0.6 is 11.3 Å². The van der Waals surface area contributed by atoms with Crippen LogP contribution in [0.2, 0.25) is 0 Å². The molecule has 19 heavy (non-hydrogen) atoms. The summed E-state index contributed by atoms with van der Waals surface area (Å²) in [5.41, 5.74) is 9.00. The van der Waals surface area contributed by atoms with Crippen LogP contribution in [-0.2, 0) is 12.8 Å². The van der Waals surface area contributed by atoms with E-state index in [4.69, 9.17) is 5.73 Å². The summed E-state index contributed by atoms with van der Waals surface area (Å²) in [4.78, 5) is 2.49. The quantitative estimate of drug-likeness (QED) is 0.692. The zero-order valence-electron chi connectivity index (χ0n) is 10.5. The van der Waals surface area contributed by atoms with Crippen molar-refractivity contribution in [2.75, 3.05) is 5.73 Å². The largest absolute Gasteiger partial charge is 0.399 e. The minimum absolute atomic E-state index is 0.775. The average molecular weight is 270 g/mol. The number of fused-ring (bicyclic) bond motifs is 3. The van der Waals surface area contributed by atoms with Crippen molar-refractivity contribution in [2.24, 2.45) is 0 Å². The molecule has 0 atom stereocenters. The lowest BCUT2D eigenvalue weighted by molar-refractivity contribution is 0.675. The lowest BCUT2D eigenvalue weighted by Crippen LogP contribution is -2.03. The number of hydrogen-bond donors (Lipinski definition) is 1. The maximum absolute atomic E-state index is 5.74. The van der Waals surface area contributed by atoms with Gasteiger partial charge in [-0.05, 0) is 49.9 Å². The van der Waals surface area contributed by atoms with Crippen molar-refractivity contribution in [3.05, 3.63) is 34.8 Å². The van der Waals surface area contributed by atoms with Crippen LogP contribution in [0, 0.1) is 0 Å². The summed E-state index contributed by atoms with van der Waals surface area (Å²) in [5, 5.41) is 8.67. The van der Waals surface area contributed by atoms with E-state index in [1.54, 1.807) is 11.3 Å². The predicted octanol–water partition coefficient (Wildman–Crippen LogP) is 2.92. The van der Waals surface area contributed by atoms with Crippen LogP contribution in [0.3, 0.4) is 0 Å². The van der Waals surface area contributed by atoms with Crippen LogP contribution in [0.25, 0.3) is 16.3 Å². The fourth-order valence-electron chi connectivity index (χ4n) is 2.72. The molecule has 0 bridgehead atoms. The van der Waals surface area contributed by atoms with E-state index in [1.807, 2.05) is 24.3 Å². The van der Waals surface area contributed by atoms with Gasteiger partial charge in [-0.1, -0.05) is 11.3 Å². The highest BCUT2D eigenvalue weighted by molar-refractivity contribution is 7.17. The molecule has 0 unspecified atom stereocenters. The Morgan fingerprint density at radius 1 is 1.05 bits per heavy atom. The maximum Gasteiger partial charge on any atom is 0.216 e. The molecule has 3 aromatic rings. The normalized spacial score (nSPS) is 14.7. The number of aromatic nitrogens is 3. The van der Waals surface area contributed by atoms with E-state index in [-0.39, 0.29) is 0 Å². The first-order chi connectivity index (χ1) is 9.33. The lowest BCUT2D eigenvalue weighted by Gasteiger charge is -2.11. The third-order valence-corrected chi connectivity index (χ3v) is 4.81. The van der Waals surface area contributed by atoms with Gasteiger partial charge >= 0.3 is 0 Å². The SMILES string of the molecule is Nc1ccc(-c2nnc3sc4c(n23)CCCC4)cc1. The molecule has 1 aliphatic rings. The third kappa shape index (κ3) is 1.65. The Labute approximate surface area is 114 Å². The standard InChI is InChI=1S/C14H14N4S/c15-10-7-5-9(6-8-10)13-16-17-14-18(13)11-3-1-2-4-12(11)19-14/h5-8H,1-4,15H2. The van der Waals surface area contributed by atoms with Gasteiger partial charge in [-0.3, -0.25) is 4.40 Å².